The highest BCUT2D eigenvalue weighted by atomic mass is 35.5. The van der Waals surface area contributed by atoms with Crippen molar-refractivity contribution in [2.24, 2.45) is 0 Å². The van der Waals surface area contributed by atoms with Crippen LogP contribution in [0.4, 0.5) is 4.79 Å². The van der Waals surface area contributed by atoms with Crippen molar-refractivity contribution < 1.29 is 14.3 Å². The zero-order valence-corrected chi connectivity index (χ0v) is 13.2. The Morgan fingerprint density at radius 1 is 1.32 bits per heavy atom. The molecule has 0 saturated carbocycles. The summed E-state index contributed by atoms with van der Waals surface area (Å²) in [5, 5.41) is 3.39. The molecule has 2 heterocycles. The van der Waals surface area contributed by atoms with Gasteiger partial charge in [-0.3, -0.25) is 9.69 Å². The lowest BCUT2D eigenvalue weighted by molar-refractivity contribution is -0.132. The molecule has 0 aromatic heterocycles. The van der Waals surface area contributed by atoms with E-state index >= 15 is 0 Å². The third kappa shape index (κ3) is 2.71. The van der Waals surface area contributed by atoms with E-state index in [1.807, 2.05) is 0 Å². The van der Waals surface area contributed by atoms with Crippen LogP contribution in [0.15, 0.2) is 24.3 Å². The van der Waals surface area contributed by atoms with Crippen molar-refractivity contribution in [1.29, 1.82) is 0 Å². The SMILES string of the molecule is CC1(c2ccc(Cl)cc2)NC(=O)N(CC2CCCCO2)C1=O. The molecule has 6 heteroatoms. The van der Waals surface area contributed by atoms with Crippen molar-refractivity contribution in [3.05, 3.63) is 34.9 Å². The monoisotopic (exact) mass is 322 g/mol. The van der Waals surface area contributed by atoms with Gasteiger partial charge in [0.15, 0.2) is 0 Å². The van der Waals surface area contributed by atoms with Crippen LogP contribution >= 0.6 is 11.6 Å². The number of carbonyl (C=O) groups is 2. The van der Waals surface area contributed by atoms with Crippen LogP contribution in [0.2, 0.25) is 5.02 Å². The number of hydrogen-bond acceptors (Lipinski definition) is 3. The van der Waals surface area contributed by atoms with E-state index in [1.165, 1.54) is 4.90 Å². The van der Waals surface area contributed by atoms with Crippen LogP contribution in [-0.4, -0.2) is 36.1 Å². The average molecular weight is 323 g/mol. The number of halogens is 1. The third-order valence-electron chi connectivity index (χ3n) is 4.36. The fourth-order valence-electron chi connectivity index (χ4n) is 3.00. The maximum Gasteiger partial charge on any atom is 0.325 e. The van der Waals surface area contributed by atoms with Crippen LogP contribution < -0.4 is 5.32 Å². The zero-order valence-electron chi connectivity index (χ0n) is 12.5. The van der Waals surface area contributed by atoms with Gasteiger partial charge in [-0.05, 0) is 43.9 Å². The van der Waals surface area contributed by atoms with E-state index in [2.05, 4.69) is 5.32 Å². The third-order valence-corrected chi connectivity index (χ3v) is 4.61. The lowest BCUT2D eigenvalue weighted by Crippen LogP contribution is -2.42. The summed E-state index contributed by atoms with van der Waals surface area (Å²) in [6.07, 6.45) is 2.94. The Morgan fingerprint density at radius 2 is 2.05 bits per heavy atom. The molecule has 22 heavy (non-hydrogen) atoms. The minimum Gasteiger partial charge on any atom is -0.376 e. The number of amides is 3. The molecule has 118 valence electrons. The maximum absolute atomic E-state index is 12.8. The molecule has 1 aromatic rings. The number of urea groups is 1. The molecule has 2 fully saturated rings. The van der Waals surface area contributed by atoms with Gasteiger partial charge in [0, 0.05) is 11.6 Å². The highest BCUT2D eigenvalue weighted by molar-refractivity contribution is 6.30. The molecular formula is C16H19ClN2O3. The van der Waals surface area contributed by atoms with Gasteiger partial charge < -0.3 is 10.1 Å². The number of hydrogen-bond donors (Lipinski definition) is 1. The van der Waals surface area contributed by atoms with Crippen LogP contribution in [0.5, 0.6) is 0 Å². The van der Waals surface area contributed by atoms with Gasteiger partial charge in [0.1, 0.15) is 5.54 Å². The highest BCUT2D eigenvalue weighted by Gasteiger charge is 2.49. The van der Waals surface area contributed by atoms with Gasteiger partial charge in [-0.2, -0.15) is 0 Å². The predicted molar refractivity (Wildman–Crippen MR) is 82.6 cm³/mol. The summed E-state index contributed by atoms with van der Waals surface area (Å²) in [5.41, 5.74) is -0.321. The summed E-state index contributed by atoms with van der Waals surface area (Å²) in [4.78, 5) is 26.2. The number of ether oxygens (including phenoxy) is 1. The molecule has 1 aromatic carbocycles. The fourth-order valence-corrected chi connectivity index (χ4v) is 3.12. The summed E-state index contributed by atoms with van der Waals surface area (Å²) in [7, 11) is 0. The summed E-state index contributed by atoms with van der Waals surface area (Å²) in [6, 6.07) is 6.60. The van der Waals surface area contributed by atoms with Crippen LogP contribution in [0.3, 0.4) is 0 Å². The molecule has 0 spiro atoms. The second kappa shape index (κ2) is 5.89. The van der Waals surface area contributed by atoms with Crippen molar-refractivity contribution >= 4 is 23.5 Å². The second-order valence-corrected chi connectivity index (χ2v) is 6.40. The van der Waals surface area contributed by atoms with Crippen LogP contribution in [0.1, 0.15) is 31.7 Å². The molecule has 5 nitrogen and oxygen atoms in total. The zero-order chi connectivity index (χ0) is 15.7. The Balaban J connectivity index is 1.79. The van der Waals surface area contributed by atoms with Crippen molar-refractivity contribution in [2.75, 3.05) is 13.2 Å². The lowest BCUT2D eigenvalue weighted by Gasteiger charge is -2.27. The molecule has 0 bridgehead atoms. The van der Waals surface area contributed by atoms with Crippen molar-refractivity contribution in [3.63, 3.8) is 0 Å². The predicted octanol–water partition coefficient (Wildman–Crippen LogP) is 2.68. The van der Waals surface area contributed by atoms with E-state index in [4.69, 9.17) is 16.3 Å². The van der Waals surface area contributed by atoms with Crippen molar-refractivity contribution in [1.82, 2.24) is 10.2 Å². The smallest absolute Gasteiger partial charge is 0.325 e. The standard InChI is InChI=1S/C16H19ClN2O3/c1-16(11-5-7-12(17)8-6-11)14(20)19(15(21)18-16)10-13-4-2-3-9-22-13/h5-8,13H,2-4,9-10H2,1H3,(H,18,21). The van der Waals surface area contributed by atoms with E-state index in [9.17, 15) is 9.59 Å². The molecule has 2 aliphatic heterocycles. The van der Waals surface area contributed by atoms with E-state index in [0.717, 1.165) is 24.8 Å². The average Bonchev–Trinajstić information content (AvgIpc) is 2.73. The summed E-state index contributed by atoms with van der Waals surface area (Å²) < 4.78 is 5.63. The molecule has 1 N–H and O–H groups in total. The number of imide groups is 1. The Morgan fingerprint density at radius 3 is 2.68 bits per heavy atom. The number of rotatable bonds is 3. The van der Waals surface area contributed by atoms with Gasteiger partial charge in [0.2, 0.25) is 0 Å². The molecule has 2 aliphatic rings. The lowest BCUT2D eigenvalue weighted by atomic mass is 9.92. The molecule has 2 atom stereocenters. The Labute approximate surface area is 134 Å². The number of carbonyl (C=O) groups excluding carboxylic acids is 2. The van der Waals surface area contributed by atoms with E-state index in [1.54, 1.807) is 31.2 Å². The first-order chi connectivity index (χ1) is 10.5. The number of nitrogens with zero attached hydrogens (tertiary/aromatic N) is 1. The summed E-state index contributed by atoms with van der Waals surface area (Å²) >= 11 is 5.89. The summed E-state index contributed by atoms with van der Waals surface area (Å²) in [6.45, 7) is 2.73. The quantitative estimate of drug-likeness (QED) is 0.870. The Bertz CT molecular complexity index is 584. The largest absolute Gasteiger partial charge is 0.376 e. The second-order valence-electron chi connectivity index (χ2n) is 5.97. The molecule has 0 aliphatic carbocycles. The van der Waals surface area contributed by atoms with E-state index in [-0.39, 0.29) is 18.0 Å². The molecule has 2 unspecified atom stereocenters. The van der Waals surface area contributed by atoms with Gasteiger partial charge in [0.25, 0.3) is 5.91 Å². The minimum atomic E-state index is -1.05. The van der Waals surface area contributed by atoms with Gasteiger partial charge in [-0.15, -0.1) is 0 Å². The normalized spacial score (nSPS) is 28.8. The first kappa shape index (κ1) is 15.3. The number of nitrogens with one attached hydrogen (secondary N) is 1. The molecule has 2 saturated heterocycles. The molecule has 3 amide bonds. The molecular weight excluding hydrogens is 304 g/mol. The summed E-state index contributed by atoms with van der Waals surface area (Å²) in [5.74, 6) is -0.242. The first-order valence-corrected chi connectivity index (χ1v) is 7.90. The first-order valence-electron chi connectivity index (χ1n) is 7.52. The van der Waals surface area contributed by atoms with Crippen molar-refractivity contribution in [2.45, 2.75) is 37.8 Å². The fraction of sp³-hybridized carbons (Fsp3) is 0.500. The van der Waals surface area contributed by atoms with Crippen molar-refractivity contribution in [3.8, 4) is 0 Å². The minimum absolute atomic E-state index is 0.0592. The highest BCUT2D eigenvalue weighted by Crippen LogP contribution is 2.30. The van der Waals surface area contributed by atoms with Crippen LogP contribution in [0, 0.1) is 0 Å². The molecule has 0 radical (unpaired) electrons. The van der Waals surface area contributed by atoms with Gasteiger partial charge >= 0.3 is 6.03 Å². The number of benzene rings is 1. The van der Waals surface area contributed by atoms with Gasteiger partial charge in [-0.1, -0.05) is 23.7 Å². The van der Waals surface area contributed by atoms with Gasteiger partial charge in [-0.25, -0.2) is 4.79 Å². The maximum atomic E-state index is 12.8. The Hall–Kier alpha value is -1.59. The van der Waals surface area contributed by atoms with Crippen LogP contribution in [-0.2, 0) is 15.1 Å². The topological polar surface area (TPSA) is 58.6 Å². The van der Waals surface area contributed by atoms with Crippen LogP contribution in [0.25, 0.3) is 0 Å². The van der Waals surface area contributed by atoms with Gasteiger partial charge in [0.05, 0.1) is 12.6 Å². The molecule has 3 rings (SSSR count). The van der Waals surface area contributed by atoms with E-state index in [0.29, 0.717) is 18.2 Å². The Kier molecular flexibility index (Phi) is 4.10. The van der Waals surface area contributed by atoms with E-state index < -0.39 is 5.54 Å².